The van der Waals surface area contributed by atoms with E-state index >= 15 is 0 Å². The number of rotatable bonds is 11. The molecule has 0 unspecified atom stereocenters. The summed E-state index contributed by atoms with van der Waals surface area (Å²) in [6.45, 7) is 3.61. The number of aliphatic carboxylic acids is 2. The van der Waals surface area contributed by atoms with E-state index in [1.54, 1.807) is 0 Å². The Morgan fingerprint density at radius 3 is 2.06 bits per heavy atom. The van der Waals surface area contributed by atoms with Crippen LogP contribution in [0.15, 0.2) is 0 Å². The Morgan fingerprint density at radius 1 is 1.00 bits per heavy atom. The molecule has 106 valence electrons. The zero-order valence-electron chi connectivity index (χ0n) is 11.3. The summed E-state index contributed by atoms with van der Waals surface area (Å²) in [4.78, 5) is 21.6. The summed E-state index contributed by atoms with van der Waals surface area (Å²) in [7, 11) is 0. The molecule has 0 amide bonds. The Kier molecular flexibility index (Phi) is 9.28. The Balaban J connectivity index is 3.84. The van der Waals surface area contributed by atoms with E-state index in [0.29, 0.717) is 6.42 Å². The first-order chi connectivity index (χ1) is 8.49. The van der Waals surface area contributed by atoms with E-state index in [1.165, 1.54) is 26.2 Å². The number of hydrogen-bond donors (Lipinski definition) is 3. The van der Waals surface area contributed by atoms with Gasteiger partial charge >= 0.3 is 11.9 Å². The van der Waals surface area contributed by atoms with Crippen molar-refractivity contribution in [2.24, 2.45) is 0 Å². The molecule has 0 aliphatic rings. The topological polar surface area (TPSA) is 86.6 Å². The summed E-state index contributed by atoms with van der Waals surface area (Å²) < 4.78 is 0. The van der Waals surface area contributed by atoms with E-state index < -0.39 is 24.0 Å². The maximum absolute atomic E-state index is 11.0. The fraction of sp³-hybridized carbons (Fsp3) is 0.846. The van der Waals surface area contributed by atoms with Crippen LogP contribution < -0.4 is 5.32 Å². The van der Waals surface area contributed by atoms with Crippen LogP contribution in [0.3, 0.4) is 0 Å². The summed E-state index contributed by atoms with van der Waals surface area (Å²) >= 11 is 0. The first-order valence-corrected chi connectivity index (χ1v) is 6.70. The molecule has 5 heteroatoms. The number of unbranched alkanes of at least 4 members (excludes halogenated alkanes) is 5. The highest BCUT2D eigenvalue weighted by Crippen LogP contribution is 2.09. The molecule has 0 aromatic rings. The molecule has 0 heterocycles. The smallest absolute Gasteiger partial charge is 0.320 e. The van der Waals surface area contributed by atoms with Crippen LogP contribution in [-0.4, -0.2) is 34.2 Å². The predicted molar refractivity (Wildman–Crippen MR) is 69.7 cm³/mol. The standard InChI is InChI=1S/C13H25NO4/c1-3-4-5-6-7-8-9-11(13(17)18)14-10(2)12(15)16/h10-11,14H,3-9H2,1-2H3,(H,15,16)(H,17,18)/t10-,11+/m1/s1. The second kappa shape index (κ2) is 9.88. The molecule has 0 saturated carbocycles. The Bertz CT molecular complexity index is 255. The van der Waals surface area contributed by atoms with Gasteiger partial charge < -0.3 is 10.2 Å². The molecule has 2 atom stereocenters. The first kappa shape index (κ1) is 16.9. The molecule has 0 saturated heterocycles. The van der Waals surface area contributed by atoms with Gasteiger partial charge in [-0.1, -0.05) is 45.4 Å². The summed E-state index contributed by atoms with van der Waals surface area (Å²) in [5.41, 5.74) is 0. The van der Waals surface area contributed by atoms with Crippen LogP contribution in [0.1, 0.15) is 58.8 Å². The molecule has 18 heavy (non-hydrogen) atoms. The summed E-state index contributed by atoms with van der Waals surface area (Å²) in [6, 6.07) is -1.59. The molecule has 0 spiro atoms. The second-order valence-corrected chi connectivity index (χ2v) is 4.67. The third kappa shape index (κ3) is 8.06. The first-order valence-electron chi connectivity index (χ1n) is 6.70. The van der Waals surface area contributed by atoms with Crippen molar-refractivity contribution in [1.82, 2.24) is 5.32 Å². The van der Waals surface area contributed by atoms with Crippen molar-refractivity contribution < 1.29 is 19.8 Å². The molecule has 0 aliphatic heterocycles. The molecule has 3 N–H and O–H groups in total. The molecule has 5 nitrogen and oxygen atoms in total. The third-order valence-electron chi connectivity index (χ3n) is 2.97. The lowest BCUT2D eigenvalue weighted by Crippen LogP contribution is -2.45. The van der Waals surface area contributed by atoms with Crippen LogP contribution in [0, 0.1) is 0 Å². The molecule has 0 radical (unpaired) electrons. The van der Waals surface area contributed by atoms with Crippen LogP contribution in [-0.2, 0) is 9.59 Å². The SMILES string of the molecule is CCCCCCCC[C@H](N[C@H](C)C(=O)O)C(=O)O. The van der Waals surface area contributed by atoms with Crippen LogP contribution >= 0.6 is 0 Å². The Labute approximate surface area is 109 Å². The van der Waals surface area contributed by atoms with Gasteiger partial charge in [0.1, 0.15) is 12.1 Å². The zero-order valence-corrected chi connectivity index (χ0v) is 11.3. The molecule has 0 aromatic carbocycles. The van der Waals surface area contributed by atoms with Gasteiger partial charge in [0.05, 0.1) is 0 Å². The lowest BCUT2D eigenvalue weighted by Gasteiger charge is -2.17. The maximum Gasteiger partial charge on any atom is 0.320 e. The highest BCUT2D eigenvalue weighted by Gasteiger charge is 2.21. The maximum atomic E-state index is 11.0. The van der Waals surface area contributed by atoms with E-state index in [9.17, 15) is 9.59 Å². The fourth-order valence-electron chi connectivity index (χ4n) is 1.78. The molecule has 0 fully saturated rings. The number of carboxylic acid groups (broad SMARTS) is 2. The van der Waals surface area contributed by atoms with Gasteiger partial charge in [-0.25, -0.2) is 0 Å². The minimum absolute atomic E-state index is 0.485. The zero-order chi connectivity index (χ0) is 14.0. The van der Waals surface area contributed by atoms with Gasteiger partial charge in [-0.15, -0.1) is 0 Å². The van der Waals surface area contributed by atoms with Crippen molar-refractivity contribution in [3.8, 4) is 0 Å². The van der Waals surface area contributed by atoms with Gasteiger partial charge in [-0.2, -0.15) is 0 Å². The lowest BCUT2D eigenvalue weighted by molar-refractivity contribution is -0.142. The van der Waals surface area contributed by atoms with E-state index in [4.69, 9.17) is 10.2 Å². The minimum Gasteiger partial charge on any atom is -0.480 e. The number of hydrogen-bond acceptors (Lipinski definition) is 3. The summed E-state index contributed by atoms with van der Waals surface area (Å²) in [5, 5.41) is 20.3. The van der Waals surface area contributed by atoms with E-state index in [2.05, 4.69) is 12.2 Å². The fourth-order valence-corrected chi connectivity index (χ4v) is 1.78. The van der Waals surface area contributed by atoms with Gasteiger partial charge in [0.25, 0.3) is 0 Å². The molecular weight excluding hydrogens is 234 g/mol. The Morgan fingerprint density at radius 2 is 1.56 bits per heavy atom. The van der Waals surface area contributed by atoms with Gasteiger partial charge in [-0.3, -0.25) is 14.9 Å². The van der Waals surface area contributed by atoms with E-state index in [1.807, 2.05) is 0 Å². The van der Waals surface area contributed by atoms with Crippen LogP contribution in [0.25, 0.3) is 0 Å². The molecule has 0 bridgehead atoms. The van der Waals surface area contributed by atoms with Gasteiger partial charge in [0.15, 0.2) is 0 Å². The van der Waals surface area contributed by atoms with Crippen molar-refractivity contribution in [3.63, 3.8) is 0 Å². The second-order valence-electron chi connectivity index (χ2n) is 4.67. The molecule has 0 aromatic heterocycles. The third-order valence-corrected chi connectivity index (χ3v) is 2.97. The lowest BCUT2D eigenvalue weighted by atomic mass is 10.1. The molecule has 0 aliphatic carbocycles. The van der Waals surface area contributed by atoms with Gasteiger partial charge in [0, 0.05) is 0 Å². The highest BCUT2D eigenvalue weighted by molar-refractivity contribution is 5.77. The average molecular weight is 259 g/mol. The quantitative estimate of drug-likeness (QED) is 0.495. The van der Waals surface area contributed by atoms with E-state index in [0.717, 1.165) is 19.3 Å². The predicted octanol–water partition coefficient (Wildman–Crippen LogP) is 2.25. The Hall–Kier alpha value is -1.10. The largest absolute Gasteiger partial charge is 0.480 e. The van der Waals surface area contributed by atoms with Gasteiger partial charge in [-0.05, 0) is 13.3 Å². The monoisotopic (exact) mass is 259 g/mol. The van der Waals surface area contributed by atoms with Gasteiger partial charge in [0.2, 0.25) is 0 Å². The number of nitrogens with one attached hydrogen (secondary N) is 1. The van der Waals surface area contributed by atoms with Crippen LogP contribution in [0.4, 0.5) is 0 Å². The summed E-state index contributed by atoms with van der Waals surface area (Å²) in [5.74, 6) is -2.00. The van der Waals surface area contributed by atoms with Crippen molar-refractivity contribution >= 4 is 11.9 Å². The molecular formula is C13H25NO4. The number of carboxylic acids is 2. The normalized spacial score (nSPS) is 14.1. The van der Waals surface area contributed by atoms with Crippen molar-refractivity contribution in [2.75, 3.05) is 0 Å². The van der Waals surface area contributed by atoms with Crippen molar-refractivity contribution in [3.05, 3.63) is 0 Å². The summed E-state index contributed by atoms with van der Waals surface area (Å²) in [6.07, 6.45) is 7.03. The van der Waals surface area contributed by atoms with E-state index in [-0.39, 0.29) is 0 Å². The molecule has 0 rings (SSSR count). The number of carbonyl (C=O) groups is 2. The highest BCUT2D eigenvalue weighted by atomic mass is 16.4. The van der Waals surface area contributed by atoms with Crippen molar-refractivity contribution in [1.29, 1.82) is 0 Å². The van der Waals surface area contributed by atoms with Crippen LogP contribution in [0.5, 0.6) is 0 Å². The van der Waals surface area contributed by atoms with Crippen molar-refractivity contribution in [2.45, 2.75) is 70.9 Å². The average Bonchev–Trinajstić information content (AvgIpc) is 2.31. The van der Waals surface area contributed by atoms with Crippen LogP contribution in [0.2, 0.25) is 0 Å². The minimum atomic E-state index is -1.02.